The Morgan fingerprint density at radius 2 is 1.61 bits per heavy atom. The highest BCUT2D eigenvalue weighted by molar-refractivity contribution is 14.1. The summed E-state index contributed by atoms with van der Waals surface area (Å²) in [5.74, 6) is 0. The molecule has 2 aromatic carbocycles. The predicted molar refractivity (Wildman–Crippen MR) is 87.8 cm³/mol. The zero-order chi connectivity index (χ0) is 13.3. The van der Waals surface area contributed by atoms with Crippen LogP contribution in [0.4, 0.5) is 0 Å². The van der Waals surface area contributed by atoms with Gasteiger partial charge in [-0.3, -0.25) is 0 Å². The lowest BCUT2D eigenvalue weighted by Crippen LogP contribution is -1.97. The van der Waals surface area contributed by atoms with Crippen LogP contribution in [0.25, 0.3) is 0 Å². The van der Waals surface area contributed by atoms with Crippen LogP contribution in [0.15, 0.2) is 36.4 Å². The van der Waals surface area contributed by atoms with Gasteiger partial charge in [-0.15, -0.1) is 11.6 Å². The smallest absolute Gasteiger partial charge is 0.0838 e. The molecule has 94 valence electrons. The van der Waals surface area contributed by atoms with Gasteiger partial charge >= 0.3 is 0 Å². The number of hydrogen-bond acceptors (Lipinski definition) is 0. The molecule has 0 heterocycles. The second kappa shape index (κ2) is 5.81. The van der Waals surface area contributed by atoms with E-state index >= 15 is 0 Å². The minimum Gasteiger partial charge on any atom is -0.113 e. The molecule has 0 N–H and O–H groups in total. The van der Waals surface area contributed by atoms with Gasteiger partial charge in [-0.1, -0.05) is 29.8 Å². The fourth-order valence-electron chi connectivity index (χ4n) is 1.89. The average Bonchev–Trinajstić information content (AvgIpc) is 2.34. The van der Waals surface area contributed by atoms with Crippen molar-refractivity contribution in [1.29, 1.82) is 0 Å². The molecule has 0 saturated carbocycles. The molecule has 0 saturated heterocycles. The first-order chi connectivity index (χ1) is 8.49. The Morgan fingerprint density at radius 3 is 2.22 bits per heavy atom. The van der Waals surface area contributed by atoms with E-state index in [0.717, 1.165) is 27.3 Å². The fraction of sp³-hybridized carbons (Fsp3) is 0.200. The molecule has 0 spiro atoms. The lowest BCUT2D eigenvalue weighted by molar-refractivity contribution is 1.10. The molecule has 0 fully saturated rings. The van der Waals surface area contributed by atoms with Crippen molar-refractivity contribution in [3.05, 3.63) is 67.2 Å². The standard InChI is InChI=1S/C15H13Cl2I/c1-9-8-14(16)10(2)7-13(9)15(17)11-3-5-12(18)6-4-11/h3-8,15H,1-2H3. The number of alkyl halides is 1. The maximum atomic E-state index is 6.57. The minimum atomic E-state index is -0.127. The van der Waals surface area contributed by atoms with Crippen LogP contribution in [-0.2, 0) is 0 Å². The third-order valence-electron chi connectivity index (χ3n) is 2.98. The van der Waals surface area contributed by atoms with Crippen molar-refractivity contribution in [3.8, 4) is 0 Å². The molecule has 0 aliphatic heterocycles. The zero-order valence-electron chi connectivity index (χ0n) is 10.2. The molecular weight excluding hydrogens is 378 g/mol. The van der Waals surface area contributed by atoms with Gasteiger partial charge in [-0.2, -0.15) is 0 Å². The second-order valence-corrected chi connectivity index (χ2v) is 6.46. The Labute approximate surface area is 131 Å². The quantitative estimate of drug-likeness (QED) is 0.443. The van der Waals surface area contributed by atoms with E-state index in [2.05, 4.69) is 52.9 Å². The molecule has 0 radical (unpaired) electrons. The Kier molecular flexibility index (Phi) is 4.57. The Balaban J connectivity index is 2.42. The molecule has 0 aliphatic carbocycles. The summed E-state index contributed by atoms with van der Waals surface area (Å²) < 4.78 is 1.21. The molecule has 2 aromatic rings. The third-order valence-corrected chi connectivity index (χ3v) is 4.60. The van der Waals surface area contributed by atoms with Crippen LogP contribution < -0.4 is 0 Å². The van der Waals surface area contributed by atoms with Crippen LogP contribution in [0.5, 0.6) is 0 Å². The van der Waals surface area contributed by atoms with Gasteiger partial charge in [0.05, 0.1) is 5.38 Å². The van der Waals surface area contributed by atoms with Crippen molar-refractivity contribution in [2.24, 2.45) is 0 Å². The summed E-state index contributed by atoms with van der Waals surface area (Å²) in [4.78, 5) is 0. The molecule has 3 heteroatoms. The van der Waals surface area contributed by atoms with Crippen molar-refractivity contribution >= 4 is 45.8 Å². The van der Waals surface area contributed by atoms with E-state index in [1.807, 2.05) is 19.9 Å². The van der Waals surface area contributed by atoms with Gasteiger partial charge < -0.3 is 0 Å². The highest BCUT2D eigenvalue weighted by atomic mass is 127. The summed E-state index contributed by atoms with van der Waals surface area (Å²) in [7, 11) is 0. The minimum absolute atomic E-state index is 0.127. The van der Waals surface area contributed by atoms with E-state index in [1.54, 1.807) is 0 Å². The predicted octanol–water partition coefficient (Wildman–Crippen LogP) is 5.89. The molecular formula is C15H13Cl2I. The van der Waals surface area contributed by atoms with Crippen LogP contribution in [0.2, 0.25) is 5.02 Å². The van der Waals surface area contributed by atoms with Crippen LogP contribution in [0, 0.1) is 17.4 Å². The van der Waals surface area contributed by atoms with Crippen molar-refractivity contribution in [3.63, 3.8) is 0 Å². The Hall–Kier alpha value is -0.250. The summed E-state index contributed by atoms with van der Waals surface area (Å²) in [5.41, 5.74) is 4.43. The van der Waals surface area contributed by atoms with Gasteiger partial charge in [0.2, 0.25) is 0 Å². The van der Waals surface area contributed by atoms with Crippen LogP contribution in [0.3, 0.4) is 0 Å². The normalized spacial score (nSPS) is 12.5. The largest absolute Gasteiger partial charge is 0.113 e. The van der Waals surface area contributed by atoms with E-state index in [-0.39, 0.29) is 5.38 Å². The molecule has 1 unspecified atom stereocenters. The topological polar surface area (TPSA) is 0 Å². The van der Waals surface area contributed by atoms with Crippen molar-refractivity contribution in [1.82, 2.24) is 0 Å². The fourth-order valence-corrected chi connectivity index (χ4v) is 2.85. The van der Waals surface area contributed by atoms with Gasteiger partial charge in [0.25, 0.3) is 0 Å². The molecule has 0 bridgehead atoms. The van der Waals surface area contributed by atoms with Crippen molar-refractivity contribution in [2.45, 2.75) is 19.2 Å². The first-order valence-electron chi connectivity index (χ1n) is 5.65. The molecule has 18 heavy (non-hydrogen) atoms. The van der Waals surface area contributed by atoms with Gasteiger partial charge in [0.1, 0.15) is 0 Å². The van der Waals surface area contributed by atoms with E-state index in [0.29, 0.717) is 0 Å². The molecule has 2 rings (SSSR count). The van der Waals surface area contributed by atoms with E-state index < -0.39 is 0 Å². The lowest BCUT2D eigenvalue weighted by Gasteiger charge is -2.15. The highest BCUT2D eigenvalue weighted by Gasteiger charge is 2.14. The van der Waals surface area contributed by atoms with Gasteiger partial charge in [-0.05, 0) is 76.9 Å². The average molecular weight is 391 g/mol. The van der Waals surface area contributed by atoms with Crippen LogP contribution in [-0.4, -0.2) is 0 Å². The number of aryl methyl sites for hydroxylation is 2. The SMILES string of the molecule is Cc1cc(C(Cl)c2ccc(I)cc2)c(C)cc1Cl. The Morgan fingerprint density at radius 1 is 1.00 bits per heavy atom. The van der Waals surface area contributed by atoms with E-state index in [4.69, 9.17) is 23.2 Å². The summed E-state index contributed by atoms with van der Waals surface area (Å²) in [5, 5.41) is 0.667. The maximum absolute atomic E-state index is 6.57. The Bertz CT molecular complexity index is 561. The summed E-state index contributed by atoms with van der Waals surface area (Å²) >= 11 is 15.0. The van der Waals surface area contributed by atoms with Gasteiger partial charge in [0.15, 0.2) is 0 Å². The van der Waals surface area contributed by atoms with Crippen molar-refractivity contribution < 1.29 is 0 Å². The number of hydrogen-bond donors (Lipinski definition) is 0. The third kappa shape index (κ3) is 3.01. The molecule has 0 aromatic heterocycles. The summed E-state index contributed by atoms with van der Waals surface area (Å²) in [6.07, 6.45) is 0. The second-order valence-electron chi connectivity index (χ2n) is 4.37. The molecule has 1 atom stereocenters. The monoisotopic (exact) mass is 390 g/mol. The zero-order valence-corrected chi connectivity index (χ0v) is 13.8. The van der Waals surface area contributed by atoms with Crippen molar-refractivity contribution in [2.75, 3.05) is 0 Å². The lowest BCUT2D eigenvalue weighted by atomic mass is 9.98. The highest BCUT2D eigenvalue weighted by Crippen LogP contribution is 2.33. The number of halogens is 3. The first-order valence-corrected chi connectivity index (χ1v) is 7.54. The van der Waals surface area contributed by atoms with Gasteiger partial charge in [0, 0.05) is 8.59 Å². The molecule has 0 amide bonds. The maximum Gasteiger partial charge on any atom is 0.0838 e. The molecule has 0 aliphatic rings. The van der Waals surface area contributed by atoms with E-state index in [1.165, 1.54) is 3.57 Å². The number of benzene rings is 2. The van der Waals surface area contributed by atoms with Crippen LogP contribution in [0.1, 0.15) is 27.6 Å². The number of rotatable bonds is 2. The first kappa shape index (κ1) is 14.2. The summed E-state index contributed by atoms with van der Waals surface area (Å²) in [6.45, 7) is 4.05. The summed E-state index contributed by atoms with van der Waals surface area (Å²) in [6, 6.07) is 12.3. The van der Waals surface area contributed by atoms with E-state index in [9.17, 15) is 0 Å². The van der Waals surface area contributed by atoms with Crippen LogP contribution >= 0.6 is 45.8 Å². The van der Waals surface area contributed by atoms with Gasteiger partial charge in [-0.25, -0.2) is 0 Å². The molecule has 0 nitrogen and oxygen atoms in total.